The molecule has 2 rings (SSSR count). The van der Waals surface area contributed by atoms with Crippen LogP contribution in [0.15, 0.2) is 12.3 Å². The predicted octanol–water partition coefficient (Wildman–Crippen LogP) is 1.06. The molecule has 0 saturated heterocycles. The van der Waals surface area contributed by atoms with Crippen LogP contribution in [0.3, 0.4) is 0 Å². The number of carbonyl (C=O) groups is 1. The Morgan fingerprint density at radius 2 is 2.33 bits per heavy atom. The summed E-state index contributed by atoms with van der Waals surface area (Å²) in [6, 6.07) is 1.59. The SMILES string of the molecule is CCOC(=O)c1sc(-c2ccnc(N)n2)nc1O. The lowest BCUT2D eigenvalue weighted by Crippen LogP contribution is -2.02. The third-order valence-electron chi connectivity index (χ3n) is 1.96. The Morgan fingerprint density at radius 1 is 1.56 bits per heavy atom. The molecule has 0 saturated carbocycles. The fourth-order valence-electron chi connectivity index (χ4n) is 1.24. The first-order valence-electron chi connectivity index (χ1n) is 5.07. The minimum atomic E-state index is -0.610. The van der Waals surface area contributed by atoms with E-state index in [0.717, 1.165) is 11.3 Å². The summed E-state index contributed by atoms with van der Waals surface area (Å²) < 4.78 is 4.80. The summed E-state index contributed by atoms with van der Waals surface area (Å²) in [5.74, 6) is -0.883. The van der Waals surface area contributed by atoms with E-state index in [0.29, 0.717) is 10.7 Å². The van der Waals surface area contributed by atoms with Crippen LogP contribution in [0.25, 0.3) is 10.7 Å². The molecule has 0 unspecified atom stereocenters. The molecular formula is C10H10N4O3S. The van der Waals surface area contributed by atoms with Gasteiger partial charge in [0.15, 0.2) is 4.88 Å². The molecule has 8 heteroatoms. The van der Waals surface area contributed by atoms with E-state index >= 15 is 0 Å². The van der Waals surface area contributed by atoms with Crippen LogP contribution < -0.4 is 5.73 Å². The molecule has 0 atom stereocenters. The number of aromatic nitrogens is 3. The molecule has 0 aliphatic rings. The Kier molecular flexibility index (Phi) is 3.38. The molecule has 0 spiro atoms. The average molecular weight is 266 g/mol. The number of hydrogen-bond acceptors (Lipinski definition) is 8. The van der Waals surface area contributed by atoms with E-state index in [1.165, 1.54) is 6.20 Å². The average Bonchev–Trinajstić information content (AvgIpc) is 2.72. The van der Waals surface area contributed by atoms with Crippen molar-refractivity contribution in [3.8, 4) is 16.6 Å². The van der Waals surface area contributed by atoms with Crippen molar-refractivity contribution in [1.29, 1.82) is 0 Å². The third kappa shape index (κ3) is 2.38. The van der Waals surface area contributed by atoms with Gasteiger partial charge in [-0.3, -0.25) is 0 Å². The van der Waals surface area contributed by atoms with Gasteiger partial charge in [0.05, 0.1) is 6.61 Å². The monoisotopic (exact) mass is 266 g/mol. The van der Waals surface area contributed by atoms with Gasteiger partial charge in [-0.05, 0) is 13.0 Å². The number of ether oxygens (including phenoxy) is 1. The predicted molar refractivity (Wildman–Crippen MR) is 65.2 cm³/mol. The Bertz CT molecular complexity index is 584. The van der Waals surface area contributed by atoms with Crippen molar-refractivity contribution in [1.82, 2.24) is 15.0 Å². The van der Waals surface area contributed by atoms with Crippen molar-refractivity contribution in [2.24, 2.45) is 0 Å². The first-order valence-corrected chi connectivity index (χ1v) is 5.89. The molecule has 94 valence electrons. The van der Waals surface area contributed by atoms with Crippen LogP contribution >= 0.6 is 11.3 Å². The van der Waals surface area contributed by atoms with Gasteiger partial charge in [0.1, 0.15) is 10.7 Å². The van der Waals surface area contributed by atoms with E-state index in [1.54, 1.807) is 13.0 Å². The maximum atomic E-state index is 11.5. The van der Waals surface area contributed by atoms with E-state index < -0.39 is 5.97 Å². The summed E-state index contributed by atoms with van der Waals surface area (Å²) >= 11 is 0.988. The van der Waals surface area contributed by atoms with Crippen molar-refractivity contribution in [3.05, 3.63) is 17.1 Å². The van der Waals surface area contributed by atoms with E-state index in [1.807, 2.05) is 0 Å². The number of thiazole rings is 1. The van der Waals surface area contributed by atoms with Crippen molar-refractivity contribution in [2.45, 2.75) is 6.92 Å². The summed E-state index contributed by atoms with van der Waals surface area (Å²) in [4.78, 5) is 23.1. The lowest BCUT2D eigenvalue weighted by atomic mass is 10.4. The standard InChI is InChI=1S/C10H10N4O3S/c1-2-17-9(16)6-7(15)14-8(18-6)5-3-4-12-10(11)13-5/h3-4,15H,2H2,1H3,(H2,11,12,13). The molecule has 0 aliphatic carbocycles. The molecule has 18 heavy (non-hydrogen) atoms. The van der Waals surface area contributed by atoms with Crippen molar-refractivity contribution >= 4 is 23.3 Å². The molecule has 0 aliphatic heterocycles. The second kappa shape index (κ2) is 4.96. The fourth-order valence-corrected chi connectivity index (χ4v) is 2.07. The highest BCUT2D eigenvalue weighted by Crippen LogP contribution is 2.31. The maximum absolute atomic E-state index is 11.5. The Morgan fingerprint density at radius 3 is 3.00 bits per heavy atom. The van der Waals surface area contributed by atoms with Gasteiger partial charge in [-0.2, -0.15) is 4.98 Å². The zero-order valence-electron chi connectivity index (χ0n) is 9.45. The highest BCUT2D eigenvalue weighted by atomic mass is 32.1. The second-order valence-electron chi connectivity index (χ2n) is 3.19. The Hall–Kier alpha value is -2.22. The molecule has 0 amide bonds. The van der Waals surface area contributed by atoms with Crippen molar-refractivity contribution in [2.75, 3.05) is 12.3 Å². The van der Waals surface area contributed by atoms with Gasteiger partial charge >= 0.3 is 5.97 Å². The van der Waals surface area contributed by atoms with Crippen LogP contribution in [-0.2, 0) is 4.74 Å². The highest BCUT2D eigenvalue weighted by Gasteiger charge is 2.20. The molecule has 0 fully saturated rings. The number of aromatic hydroxyl groups is 1. The number of esters is 1. The number of nitrogens with zero attached hydrogens (tertiary/aromatic N) is 3. The smallest absolute Gasteiger partial charge is 0.353 e. The van der Waals surface area contributed by atoms with Gasteiger partial charge in [-0.25, -0.2) is 14.8 Å². The summed E-state index contributed by atoms with van der Waals surface area (Å²) in [6.07, 6.45) is 1.47. The number of hydrogen-bond donors (Lipinski definition) is 2. The maximum Gasteiger partial charge on any atom is 0.353 e. The summed E-state index contributed by atoms with van der Waals surface area (Å²) in [7, 11) is 0. The van der Waals surface area contributed by atoms with E-state index in [-0.39, 0.29) is 23.3 Å². The van der Waals surface area contributed by atoms with Crippen LogP contribution in [0.1, 0.15) is 16.6 Å². The molecule has 0 aromatic carbocycles. The van der Waals surface area contributed by atoms with Gasteiger partial charge in [0.2, 0.25) is 11.8 Å². The molecule has 0 bridgehead atoms. The number of carbonyl (C=O) groups excluding carboxylic acids is 1. The van der Waals surface area contributed by atoms with Crippen molar-refractivity contribution < 1.29 is 14.6 Å². The van der Waals surface area contributed by atoms with Gasteiger partial charge in [0.25, 0.3) is 0 Å². The Labute approximate surface area is 106 Å². The molecular weight excluding hydrogens is 256 g/mol. The van der Waals surface area contributed by atoms with Crippen LogP contribution in [0.5, 0.6) is 5.88 Å². The fraction of sp³-hybridized carbons (Fsp3) is 0.200. The van der Waals surface area contributed by atoms with Gasteiger partial charge in [-0.1, -0.05) is 0 Å². The normalized spacial score (nSPS) is 10.3. The van der Waals surface area contributed by atoms with Gasteiger partial charge < -0.3 is 15.6 Å². The quantitative estimate of drug-likeness (QED) is 0.799. The van der Waals surface area contributed by atoms with E-state index in [4.69, 9.17) is 10.5 Å². The van der Waals surface area contributed by atoms with Crippen LogP contribution in [-0.4, -0.2) is 32.6 Å². The highest BCUT2D eigenvalue weighted by molar-refractivity contribution is 7.17. The molecule has 2 aromatic heterocycles. The number of nitrogen functional groups attached to an aromatic ring is 1. The number of rotatable bonds is 3. The van der Waals surface area contributed by atoms with Gasteiger partial charge in [-0.15, -0.1) is 11.3 Å². The molecule has 3 N–H and O–H groups in total. The number of nitrogens with two attached hydrogens (primary N) is 1. The van der Waals surface area contributed by atoms with Crippen LogP contribution in [0.4, 0.5) is 5.95 Å². The van der Waals surface area contributed by atoms with E-state index in [2.05, 4.69) is 15.0 Å². The summed E-state index contributed by atoms with van der Waals surface area (Å²) in [6.45, 7) is 1.91. The zero-order valence-corrected chi connectivity index (χ0v) is 10.3. The Balaban J connectivity index is 2.37. The lowest BCUT2D eigenvalue weighted by molar-refractivity contribution is 0.0528. The minimum absolute atomic E-state index is 0.0454. The number of anilines is 1. The molecule has 0 radical (unpaired) electrons. The first-order chi connectivity index (χ1) is 8.61. The molecule has 2 aromatic rings. The minimum Gasteiger partial charge on any atom is -0.492 e. The van der Waals surface area contributed by atoms with Crippen LogP contribution in [0.2, 0.25) is 0 Å². The van der Waals surface area contributed by atoms with Crippen molar-refractivity contribution in [3.63, 3.8) is 0 Å². The first kappa shape index (κ1) is 12.2. The van der Waals surface area contributed by atoms with Gasteiger partial charge in [0, 0.05) is 6.20 Å². The van der Waals surface area contributed by atoms with E-state index in [9.17, 15) is 9.90 Å². The molecule has 2 heterocycles. The van der Waals surface area contributed by atoms with Crippen LogP contribution in [0, 0.1) is 0 Å². The third-order valence-corrected chi connectivity index (χ3v) is 3.01. The largest absolute Gasteiger partial charge is 0.492 e. The lowest BCUT2D eigenvalue weighted by Gasteiger charge is -1.97. The summed E-state index contributed by atoms with van der Waals surface area (Å²) in [5, 5.41) is 9.96. The second-order valence-corrected chi connectivity index (χ2v) is 4.19. The molecule has 7 nitrogen and oxygen atoms in total. The topological polar surface area (TPSA) is 111 Å². The summed E-state index contributed by atoms with van der Waals surface area (Å²) in [5.41, 5.74) is 5.89. The zero-order chi connectivity index (χ0) is 13.1.